The third kappa shape index (κ3) is 2.21. The van der Waals surface area contributed by atoms with Gasteiger partial charge in [0.25, 0.3) is 0 Å². The lowest BCUT2D eigenvalue weighted by Crippen LogP contribution is -2.82. The Labute approximate surface area is 127 Å². The van der Waals surface area contributed by atoms with Crippen molar-refractivity contribution in [1.82, 2.24) is 10.2 Å². The zero-order valence-corrected chi connectivity index (χ0v) is 13.5. The average molecular weight is 295 g/mol. The molecule has 0 aromatic heterocycles. The molecule has 0 spiro atoms. The number of fused-ring (bicyclic) bond motifs is 1. The highest BCUT2D eigenvalue weighted by atomic mass is 16.5. The number of nitrogens with two attached hydrogens (primary N) is 1. The fourth-order valence-electron chi connectivity index (χ4n) is 4.63. The van der Waals surface area contributed by atoms with Crippen molar-refractivity contribution in [3.05, 3.63) is 0 Å². The lowest BCUT2D eigenvalue weighted by Gasteiger charge is -2.65. The quantitative estimate of drug-likeness (QED) is 0.788. The summed E-state index contributed by atoms with van der Waals surface area (Å²) in [6, 6.07) is 0.232. The van der Waals surface area contributed by atoms with Gasteiger partial charge in [-0.05, 0) is 39.3 Å². The smallest absolute Gasteiger partial charge is 0.241 e. The number of nitrogens with one attached hydrogen (secondary N) is 1. The zero-order chi connectivity index (χ0) is 15.3. The van der Waals surface area contributed by atoms with Crippen LogP contribution in [-0.2, 0) is 9.53 Å². The second-order valence-corrected chi connectivity index (χ2v) is 7.71. The number of hydrogen-bond acceptors (Lipinski definition) is 4. The maximum absolute atomic E-state index is 12.9. The van der Waals surface area contributed by atoms with Gasteiger partial charge in [-0.2, -0.15) is 0 Å². The molecule has 0 aromatic rings. The van der Waals surface area contributed by atoms with Crippen LogP contribution in [0, 0.1) is 11.3 Å². The van der Waals surface area contributed by atoms with Gasteiger partial charge in [-0.25, -0.2) is 0 Å². The number of carbonyl (C=O) groups is 1. The van der Waals surface area contributed by atoms with Gasteiger partial charge >= 0.3 is 0 Å². The molecule has 3 N–H and O–H groups in total. The van der Waals surface area contributed by atoms with Crippen LogP contribution < -0.4 is 11.1 Å². The number of piperidine rings is 1. The minimum absolute atomic E-state index is 0.0274. The van der Waals surface area contributed by atoms with E-state index >= 15 is 0 Å². The summed E-state index contributed by atoms with van der Waals surface area (Å²) in [6.07, 6.45) is 4.34. The predicted molar refractivity (Wildman–Crippen MR) is 81.8 cm³/mol. The van der Waals surface area contributed by atoms with E-state index in [-0.39, 0.29) is 29.4 Å². The topological polar surface area (TPSA) is 67.6 Å². The maximum Gasteiger partial charge on any atom is 0.241 e. The molecule has 0 radical (unpaired) electrons. The molecule has 21 heavy (non-hydrogen) atoms. The van der Waals surface area contributed by atoms with Gasteiger partial charge in [-0.15, -0.1) is 0 Å². The van der Waals surface area contributed by atoms with Crippen LogP contribution in [0.3, 0.4) is 0 Å². The highest BCUT2D eigenvalue weighted by Crippen LogP contribution is 2.57. The first-order chi connectivity index (χ1) is 9.87. The van der Waals surface area contributed by atoms with E-state index < -0.39 is 5.54 Å². The lowest BCUT2D eigenvalue weighted by atomic mass is 9.46. The summed E-state index contributed by atoms with van der Waals surface area (Å²) in [5.41, 5.74) is 5.55. The molecule has 0 bridgehead atoms. The molecule has 2 heterocycles. The van der Waals surface area contributed by atoms with Crippen molar-refractivity contribution < 1.29 is 9.53 Å². The first-order valence-electron chi connectivity index (χ1n) is 8.27. The van der Waals surface area contributed by atoms with Crippen molar-refractivity contribution in [2.45, 2.75) is 57.2 Å². The van der Waals surface area contributed by atoms with E-state index in [2.05, 4.69) is 31.1 Å². The summed E-state index contributed by atoms with van der Waals surface area (Å²) in [6.45, 7) is 6.99. The monoisotopic (exact) mass is 295 g/mol. The standard InChI is InChI=1S/C16H29N3O2/c1-15(2)13-12(7-5-9-21-13)16(15,17)14(20)18-11-6-4-8-19(3)10-11/h11-13H,4-10,17H2,1-3H3,(H,18,20). The van der Waals surface area contributed by atoms with Crippen molar-refractivity contribution in [1.29, 1.82) is 0 Å². The third-order valence-electron chi connectivity index (χ3n) is 6.02. The minimum Gasteiger partial charge on any atom is -0.377 e. The van der Waals surface area contributed by atoms with Gasteiger partial charge in [-0.1, -0.05) is 13.8 Å². The van der Waals surface area contributed by atoms with Crippen molar-refractivity contribution in [2.24, 2.45) is 17.1 Å². The van der Waals surface area contributed by atoms with Crippen LogP contribution in [0.5, 0.6) is 0 Å². The summed E-state index contributed by atoms with van der Waals surface area (Å²) in [7, 11) is 2.11. The van der Waals surface area contributed by atoms with Gasteiger partial charge in [0, 0.05) is 30.5 Å². The SMILES string of the molecule is CN1CCCC(NC(=O)C2(N)C3CCCOC3C2(C)C)C1. The summed E-state index contributed by atoms with van der Waals surface area (Å²) in [5, 5.41) is 3.22. The summed E-state index contributed by atoms with van der Waals surface area (Å²) in [4.78, 5) is 15.2. The van der Waals surface area contributed by atoms with Crippen LogP contribution in [0.1, 0.15) is 39.5 Å². The molecule has 2 aliphatic heterocycles. The molecule has 3 fully saturated rings. The number of likely N-dealkylation sites (N-methyl/N-ethyl adjacent to an activating group) is 1. The number of amides is 1. The van der Waals surface area contributed by atoms with Crippen LogP contribution in [0.25, 0.3) is 0 Å². The van der Waals surface area contributed by atoms with Crippen molar-refractivity contribution in [2.75, 3.05) is 26.7 Å². The molecular formula is C16H29N3O2. The predicted octanol–water partition coefficient (Wildman–Crippen LogP) is 0.729. The molecule has 5 nitrogen and oxygen atoms in total. The molecule has 3 rings (SSSR count). The van der Waals surface area contributed by atoms with E-state index in [1.807, 2.05) is 0 Å². The van der Waals surface area contributed by atoms with Crippen molar-refractivity contribution in [3.8, 4) is 0 Å². The largest absolute Gasteiger partial charge is 0.377 e. The first-order valence-corrected chi connectivity index (χ1v) is 8.27. The Hall–Kier alpha value is -0.650. The van der Waals surface area contributed by atoms with E-state index in [4.69, 9.17) is 10.5 Å². The van der Waals surface area contributed by atoms with E-state index in [0.717, 1.165) is 45.4 Å². The van der Waals surface area contributed by atoms with Gasteiger partial charge in [0.1, 0.15) is 5.54 Å². The average Bonchev–Trinajstić information content (AvgIpc) is 2.46. The van der Waals surface area contributed by atoms with Crippen LogP contribution in [0.15, 0.2) is 0 Å². The van der Waals surface area contributed by atoms with E-state index in [9.17, 15) is 4.79 Å². The molecule has 1 saturated carbocycles. The summed E-state index contributed by atoms with van der Waals surface area (Å²) in [5.74, 6) is 0.196. The fourth-order valence-corrected chi connectivity index (χ4v) is 4.63. The van der Waals surface area contributed by atoms with Crippen molar-refractivity contribution in [3.63, 3.8) is 0 Å². The van der Waals surface area contributed by atoms with Gasteiger partial charge in [-0.3, -0.25) is 4.79 Å². The Kier molecular flexibility index (Phi) is 3.79. The number of likely N-dealkylation sites (tertiary alicyclic amines) is 1. The Morgan fingerprint density at radius 2 is 2.10 bits per heavy atom. The minimum atomic E-state index is -0.784. The highest BCUT2D eigenvalue weighted by molar-refractivity contribution is 5.89. The number of rotatable bonds is 2. The Morgan fingerprint density at radius 3 is 2.81 bits per heavy atom. The Morgan fingerprint density at radius 1 is 1.33 bits per heavy atom. The van der Waals surface area contributed by atoms with Crippen molar-refractivity contribution >= 4 is 5.91 Å². The van der Waals surface area contributed by atoms with E-state index in [1.165, 1.54) is 0 Å². The normalized spacial score (nSPS) is 42.8. The van der Waals surface area contributed by atoms with Crippen LogP contribution in [0.4, 0.5) is 0 Å². The maximum atomic E-state index is 12.9. The molecule has 4 atom stereocenters. The molecule has 1 amide bonds. The first kappa shape index (κ1) is 15.3. The zero-order valence-electron chi connectivity index (χ0n) is 13.5. The summed E-state index contributed by atoms with van der Waals surface area (Å²) < 4.78 is 5.88. The van der Waals surface area contributed by atoms with Crippen LogP contribution in [-0.4, -0.2) is 55.2 Å². The number of carbonyl (C=O) groups excluding carboxylic acids is 1. The Bertz CT molecular complexity index is 426. The molecule has 5 heteroatoms. The van der Waals surface area contributed by atoms with Crippen LogP contribution in [0.2, 0.25) is 0 Å². The molecule has 4 unspecified atom stereocenters. The van der Waals surface area contributed by atoms with Gasteiger partial charge in [0.15, 0.2) is 0 Å². The summed E-state index contributed by atoms with van der Waals surface area (Å²) >= 11 is 0. The van der Waals surface area contributed by atoms with E-state index in [0.29, 0.717) is 0 Å². The van der Waals surface area contributed by atoms with Crippen LogP contribution >= 0.6 is 0 Å². The second kappa shape index (κ2) is 5.21. The Balaban J connectivity index is 1.70. The lowest BCUT2D eigenvalue weighted by molar-refractivity contribution is -0.225. The molecule has 3 aliphatic rings. The van der Waals surface area contributed by atoms with Gasteiger partial charge < -0.3 is 20.7 Å². The number of hydrogen-bond donors (Lipinski definition) is 2. The molecule has 120 valence electrons. The highest BCUT2D eigenvalue weighted by Gasteiger charge is 2.70. The molecular weight excluding hydrogens is 266 g/mol. The second-order valence-electron chi connectivity index (χ2n) is 7.71. The van der Waals surface area contributed by atoms with Gasteiger partial charge in [0.2, 0.25) is 5.91 Å². The fraction of sp³-hybridized carbons (Fsp3) is 0.938. The molecule has 0 aromatic carbocycles. The van der Waals surface area contributed by atoms with E-state index in [1.54, 1.807) is 0 Å². The molecule has 1 aliphatic carbocycles. The third-order valence-corrected chi connectivity index (χ3v) is 6.02. The number of ether oxygens (including phenoxy) is 1. The number of nitrogens with zero attached hydrogens (tertiary/aromatic N) is 1. The van der Waals surface area contributed by atoms with Gasteiger partial charge in [0.05, 0.1) is 6.10 Å². The molecule has 2 saturated heterocycles.